The van der Waals surface area contributed by atoms with Crippen LogP contribution >= 0.6 is 24.0 Å². The number of ether oxygens (including phenoxy) is 2. The third kappa shape index (κ3) is 6.20. The van der Waals surface area contributed by atoms with Crippen LogP contribution in [0.5, 0.6) is 0 Å². The fourth-order valence-corrected chi connectivity index (χ4v) is 1.39. The number of pyridine rings is 1. The molecule has 8 heteroatoms. The van der Waals surface area contributed by atoms with E-state index >= 15 is 0 Å². The number of halogens is 1. The second-order valence-electron chi connectivity index (χ2n) is 4.19. The molecule has 22 heavy (non-hydrogen) atoms. The van der Waals surface area contributed by atoms with E-state index < -0.39 is 23.9 Å². The smallest absolute Gasteiger partial charge is 0.332 e. The second kappa shape index (κ2) is 9.87. The first kappa shape index (κ1) is 20.0. The molecule has 1 aromatic heterocycles. The van der Waals surface area contributed by atoms with Crippen molar-refractivity contribution in [2.45, 2.75) is 6.10 Å². The van der Waals surface area contributed by atoms with Gasteiger partial charge >= 0.3 is 11.9 Å². The molecule has 1 aromatic rings. The molecule has 0 fully saturated rings. The molecule has 0 aromatic carbocycles. The molecule has 0 spiro atoms. The number of carbonyl (C=O) groups is 3. The highest BCUT2D eigenvalue weighted by molar-refractivity contribution is 14.0. The molecule has 0 radical (unpaired) electrons. The lowest BCUT2D eigenvalue weighted by molar-refractivity contribution is -0.155. The Morgan fingerprint density at radius 1 is 1.23 bits per heavy atom. The second-order valence-corrected chi connectivity index (χ2v) is 4.19. The van der Waals surface area contributed by atoms with Crippen LogP contribution in [0.4, 0.5) is 0 Å². The first-order chi connectivity index (χ1) is 9.95. The highest BCUT2D eigenvalue weighted by Crippen LogP contribution is 2.18. The van der Waals surface area contributed by atoms with Gasteiger partial charge in [0.15, 0.2) is 0 Å². The summed E-state index contributed by atoms with van der Waals surface area (Å²) in [7, 11) is 4.28. The molecule has 120 valence electrons. The Morgan fingerprint density at radius 2 is 1.86 bits per heavy atom. The third-order valence-corrected chi connectivity index (χ3v) is 2.44. The number of esters is 2. The quantitative estimate of drug-likeness (QED) is 0.403. The zero-order valence-electron chi connectivity index (χ0n) is 12.4. The highest BCUT2D eigenvalue weighted by Gasteiger charge is 2.26. The van der Waals surface area contributed by atoms with E-state index in [1.54, 1.807) is 32.4 Å². The van der Waals surface area contributed by atoms with Gasteiger partial charge in [-0.05, 0) is 6.07 Å². The molecule has 1 atom stereocenters. The monoisotopic (exact) mass is 420 g/mol. The van der Waals surface area contributed by atoms with Crippen LogP contribution in [0.2, 0.25) is 0 Å². The highest BCUT2D eigenvalue weighted by atomic mass is 127. The van der Waals surface area contributed by atoms with Crippen molar-refractivity contribution >= 4 is 41.8 Å². The van der Waals surface area contributed by atoms with Crippen molar-refractivity contribution in [2.75, 3.05) is 21.2 Å². The van der Waals surface area contributed by atoms with Gasteiger partial charge in [0.2, 0.25) is 6.10 Å². The molecule has 1 heterocycles. The fraction of sp³-hybridized carbons (Fsp3) is 0.286. The lowest BCUT2D eigenvalue weighted by Crippen LogP contribution is -2.31. The lowest BCUT2D eigenvalue weighted by Gasteiger charge is -2.20. The summed E-state index contributed by atoms with van der Waals surface area (Å²) in [5, 5.41) is 0. The number of rotatable bonds is 5. The zero-order valence-corrected chi connectivity index (χ0v) is 14.7. The topological polar surface area (TPSA) is 85.8 Å². The fourth-order valence-electron chi connectivity index (χ4n) is 1.39. The Balaban J connectivity index is 0.00000441. The Bertz CT molecular complexity index is 545. The molecule has 0 saturated heterocycles. The molecule has 1 unspecified atom stereocenters. The summed E-state index contributed by atoms with van der Waals surface area (Å²) in [5.74, 6) is -1.93. The molecule has 0 bridgehead atoms. The van der Waals surface area contributed by atoms with E-state index in [0.717, 1.165) is 12.2 Å². The summed E-state index contributed by atoms with van der Waals surface area (Å²) in [6, 6.07) is 3.25. The van der Waals surface area contributed by atoms with Crippen molar-refractivity contribution in [1.29, 1.82) is 0 Å². The van der Waals surface area contributed by atoms with Gasteiger partial charge in [0.25, 0.3) is 5.91 Å². The van der Waals surface area contributed by atoms with Crippen molar-refractivity contribution < 1.29 is 23.9 Å². The van der Waals surface area contributed by atoms with Gasteiger partial charge in [-0.2, -0.15) is 0 Å². The average molecular weight is 420 g/mol. The number of nitrogens with zero attached hydrogens (tertiary/aromatic N) is 2. The third-order valence-electron chi connectivity index (χ3n) is 2.44. The standard InChI is InChI=1S/C14H16N2O5.HI/c1-16(2)14(19)13(10-5-4-8-15-9-10)21-12(18)7-6-11(17)20-3;/h4-9,13H,1-3H3;1H/b7-6+;. The minimum Gasteiger partial charge on any atom is -0.466 e. The van der Waals surface area contributed by atoms with Gasteiger partial charge in [-0.1, -0.05) is 6.07 Å². The Kier molecular flexibility index (Phi) is 8.99. The molecule has 1 rings (SSSR count). The summed E-state index contributed by atoms with van der Waals surface area (Å²) >= 11 is 0. The predicted molar refractivity (Wildman–Crippen MR) is 88.3 cm³/mol. The van der Waals surface area contributed by atoms with Gasteiger partial charge < -0.3 is 14.4 Å². The van der Waals surface area contributed by atoms with Gasteiger partial charge in [0.05, 0.1) is 7.11 Å². The average Bonchev–Trinajstić information content (AvgIpc) is 2.50. The van der Waals surface area contributed by atoms with Crippen molar-refractivity contribution in [3.63, 3.8) is 0 Å². The number of likely N-dealkylation sites (N-methyl/N-ethyl adjacent to an activating group) is 1. The molecule has 7 nitrogen and oxygen atoms in total. The molecule has 0 aliphatic carbocycles. The van der Waals surface area contributed by atoms with Crippen LogP contribution in [0.3, 0.4) is 0 Å². The van der Waals surface area contributed by atoms with E-state index in [-0.39, 0.29) is 24.0 Å². The Morgan fingerprint density at radius 3 is 2.36 bits per heavy atom. The van der Waals surface area contributed by atoms with E-state index in [1.165, 1.54) is 18.2 Å². The molecule has 0 aliphatic heterocycles. The van der Waals surface area contributed by atoms with Crippen LogP contribution in [0.15, 0.2) is 36.7 Å². The van der Waals surface area contributed by atoms with E-state index in [0.29, 0.717) is 5.56 Å². The number of hydrogen-bond acceptors (Lipinski definition) is 6. The van der Waals surface area contributed by atoms with Crippen molar-refractivity contribution in [3.8, 4) is 0 Å². The normalized spacial score (nSPS) is 11.2. The molecular weight excluding hydrogens is 403 g/mol. The number of aromatic nitrogens is 1. The van der Waals surface area contributed by atoms with E-state index in [4.69, 9.17) is 4.74 Å². The van der Waals surface area contributed by atoms with Crippen LogP contribution < -0.4 is 0 Å². The molecule has 1 amide bonds. The lowest BCUT2D eigenvalue weighted by atomic mass is 10.1. The first-order valence-corrected chi connectivity index (χ1v) is 6.03. The van der Waals surface area contributed by atoms with E-state index in [1.807, 2.05) is 0 Å². The number of hydrogen-bond donors (Lipinski definition) is 0. The molecule has 0 N–H and O–H groups in total. The summed E-state index contributed by atoms with van der Waals surface area (Å²) in [6.07, 6.45) is 3.67. The van der Waals surface area contributed by atoms with Crippen molar-refractivity contribution in [3.05, 3.63) is 42.2 Å². The zero-order chi connectivity index (χ0) is 15.8. The van der Waals surface area contributed by atoms with Gasteiger partial charge in [-0.3, -0.25) is 9.78 Å². The summed E-state index contributed by atoms with van der Waals surface area (Å²) in [5.41, 5.74) is 0.441. The largest absolute Gasteiger partial charge is 0.466 e. The van der Waals surface area contributed by atoms with Crippen molar-refractivity contribution in [1.82, 2.24) is 9.88 Å². The van der Waals surface area contributed by atoms with Gasteiger partial charge in [-0.15, -0.1) is 24.0 Å². The number of methoxy groups -OCH3 is 1. The maximum Gasteiger partial charge on any atom is 0.332 e. The van der Waals surface area contributed by atoms with Crippen molar-refractivity contribution in [2.24, 2.45) is 0 Å². The van der Waals surface area contributed by atoms with Crippen LogP contribution in [0.25, 0.3) is 0 Å². The summed E-state index contributed by atoms with van der Waals surface area (Å²) in [4.78, 5) is 39.8. The maximum absolute atomic E-state index is 12.1. The number of amides is 1. The SMILES string of the molecule is COC(=O)/C=C/C(=O)OC(C(=O)N(C)C)c1cccnc1.I. The maximum atomic E-state index is 12.1. The van der Waals surface area contributed by atoms with Crippen LogP contribution in [0.1, 0.15) is 11.7 Å². The minimum absolute atomic E-state index is 0. The predicted octanol–water partition coefficient (Wildman–Crippen LogP) is 1.10. The molecule has 0 saturated carbocycles. The summed E-state index contributed by atoms with van der Waals surface area (Å²) in [6.45, 7) is 0. The molecule has 0 aliphatic rings. The van der Waals surface area contributed by atoms with E-state index in [9.17, 15) is 14.4 Å². The first-order valence-electron chi connectivity index (χ1n) is 6.03. The number of carbonyl (C=O) groups excluding carboxylic acids is 3. The molecular formula is C14H17IN2O5. The van der Waals surface area contributed by atoms with Gasteiger partial charge in [-0.25, -0.2) is 9.59 Å². The Labute approximate surface area is 145 Å². The summed E-state index contributed by atoms with van der Waals surface area (Å²) < 4.78 is 9.45. The van der Waals surface area contributed by atoms with E-state index in [2.05, 4.69) is 9.72 Å². The van der Waals surface area contributed by atoms with Gasteiger partial charge in [0.1, 0.15) is 0 Å². The van der Waals surface area contributed by atoms with Crippen LogP contribution in [-0.4, -0.2) is 48.9 Å². The Hall–Kier alpha value is -1.97. The van der Waals surface area contributed by atoms with Gasteiger partial charge in [0, 0.05) is 44.2 Å². The minimum atomic E-state index is -1.12. The van der Waals surface area contributed by atoms with Crippen LogP contribution in [-0.2, 0) is 23.9 Å². The van der Waals surface area contributed by atoms with Crippen LogP contribution in [0, 0.1) is 0 Å².